The van der Waals surface area contributed by atoms with Gasteiger partial charge >= 0.3 is 12.1 Å². The topological polar surface area (TPSA) is 163 Å². The van der Waals surface area contributed by atoms with Crippen LogP contribution in [-0.2, 0) is 42.5 Å². The number of benzene rings is 5. The molecule has 0 saturated heterocycles. The van der Waals surface area contributed by atoms with E-state index >= 15 is 0 Å². The molecule has 3 atom stereocenters. The minimum atomic E-state index is -1.23. The summed E-state index contributed by atoms with van der Waals surface area (Å²) in [6, 6.07) is 44.1. The molecule has 0 bridgehead atoms. The number of carbonyl (C=O) groups is 5. The maximum Gasteiger partial charge on any atom is 0.408 e. The lowest BCUT2D eigenvalue weighted by Crippen LogP contribution is -2.55. The second-order valence-corrected chi connectivity index (χ2v) is 14.9. The zero-order valence-electron chi connectivity index (χ0n) is 33.8. The van der Waals surface area contributed by atoms with Crippen molar-refractivity contribution in [1.82, 2.24) is 21.3 Å². The van der Waals surface area contributed by atoms with Gasteiger partial charge in [0.25, 0.3) is 0 Å². The van der Waals surface area contributed by atoms with Crippen LogP contribution in [0.2, 0.25) is 0 Å². The molecule has 0 fully saturated rings. The van der Waals surface area contributed by atoms with Gasteiger partial charge in [0.05, 0.1) is 0 Å². The lowest BCUT2D eigenvalue weighted by Gasteiger charge is -2.37. The molecule has 0 radical (unpaired) electrons. The molecule has 5 aromatic rings. The van der Waals surface area contributed by atoms with Crippen molar-refractivity contribution in [1.29, 1.82) is 0 Å². The number of rotatable bonds is 20. The second kappa shape index (κ2) is 22.2. The number of ether oxygens (including phenoxy) is 1. The van der Waals surface area contributed by atoms with Crippen LogP contribution in [0.15, 0.2) is 164 Å². The molecule has 11 nitrogen and oxygen atoms in total. The quantitative estimate of drug-likeness (QED) is 0.0415. The van der Waals surface area contributed by atoms with E-state index in [-0.39, 0.29) is 44.1 Å². The van der Waals surface area contributed by atoms with Gasteiger partial charge in [0, 0.05) is 25.0 Å². The van der Waals surface area contributed by atoms with E-state index in [1.807, 2.05) is 166 Å². The summed E-state index contributed by atoms with van der Waals surface area (Å²) < 4.78 is 5.39. The van der Waals surface area contributed by atoms with Gasteiger partial charge in [0.15, 0.2) is 0 Å². The highest BCUT2D eigenvalue weighted by Crippen LogP contribution is 2.37. The van der Waals surface area contributed by atoms with Crippen LogP contribution < -0.4 is 21.3 Å². The first-order valence-corrected chi connectivity index (χ1v) is 20.0. The van der Waals surface area contributed by atoms with Crippen LogP contribution in [0.5, 0.6) is 0 Å². The molecule has 0 heterocycles. The van der Waals surface area contributed by atoms with E-state index in [0.717, 1.165) is 33.9 Å². The van der Waals surface area contributed by atoms with Crippen molar-refractivity contribution in [2.75, 3.05) is 0 Å². The van der Waals surface area contributed by atoms with E-state index in [0.29, 0.717) is 0 Å². The number of carbonyl (C=O) groups excluding carboxylic acids is 4. The Morgan fingerprint density at radius 3 is 1.57 bits per heavy atom. The van der Waals surface area contributed by atoms with Crippen molar-refractivity contribution >= 4 is 29.8 Å². The standard InChI is InChI=1S/C49H52N4O7/c1-35(2)32-42(52-48(59)60-34-37-20-10-4-11-21-37)47(58)51-43(33-36-18-8-3-9-19-36)46(57)50-41(29-31-45(55)56)28-30-44(54)53-49(38-22-12-5-13-23-38,39-24-14-6-15-25-39)40-26-16-7-17-27-40/h3-27,29,31,35,41-43H,28,30,32-34H2,1-2H3,(H,50,57)(H,51,58)(H,52,59)(H,53,54)(H,55,56)/b31-29+/t41-,42-,43-/m0/s1. The number of alkyl carbamates (subject to hydrolysis) is 1. The van der Waals surface area contributed by atoms with Crippen LogP contribution in [0.4, 0.5) is 4.79 Å². The van der Waals surface area contributed by atoms with E-state index in [9.17, 15) is 29.1 Å². The molecule has 0 unspecified atom stereocenters. The minimum Gasteiger partial charge on any atom is -0.478 e. The number of hydrogen-bond donors (Lipinski definition) is 5. The van der Waals surface area contributed by atoms with E-state index in [1.54, 1.807) is 0 Å². The van der Waals surface area contributed by atoms with Gasteiger partial charge in [-0.1, -0.05) is 172 Å². The van der Waals surface area contributed by atoms with Crippen molar-refractivity contribution in [3.8, 4) is 0 Å². The summed E-state index contributed by atoms with van der Waals surface area (Å²) in [4.78, 5) is 66.8. The Balaban J connectivity index is 1.35. The first-order chi connectivity index (χ1) is 29.0. The number of carboxylic acids is 1. The van der Waals surface area contributed by atoms with Gasteiger partial charge in [0.1, 0.15) is 24.2 Å². The van der Waals surface area contributed by atoms with E-state index < -0.39 is 47.5 Å². The third kappa shape index (κ3) is 13.0. The van der Waals surface area contributed by atoms with Gasteiger partial charge in [0.2, 0.25) is 17.7 Å². The monoisotopic (exact) mass is 808 g/mol. The van der Waals surface area contributed by atoms with Crippen molar-refractivity contribution < 1.29 is 33.8 Å². The fraction of sp³-hybridized carbons (Fsp3) is 0.245. The SMILES string of the molecule is CC(C)C[C@H](NC(=O)OCc1ccccc1)C(=O)N[C@@H](Cc1ccccc1)C(=O)N[C@H](/C=C/C(=O)O)CCC(=O)NC(c1ccccc1)(c1ccccc1)c1ccccc1. The first kappa shape index (κ1) is 44.1. The zero-order chi connectivity index (χ0) is 42.7. The molecule has 0 aromatic heterocycles. The highest BCUT2D eigenvalue weighted by molar-refractivity contribution is 5.92. The Kier molecular flexibility index (Phi) is 16.3. The molecule has 60 heavy (non-hydrogen) atoms. The number of nitrogens with one attached hydrogen (secondary N) is 4. The average Bonchev–Trinajstić information content (AvgIpc) is 3.26. The summed E-state index contributed by atoms with van der Waals surface area (Å²) in [5.74, 6) is -2.77. The molecule has 0 saturated carbocycles. The molecule has 5 aromatic carbocycles. The summed E-state index contributed by atoms with van der Waals surface area (Å²) in [7, 11) is 0. The van der Waals surface area contributed by atoms with Crippen LogP contribution in [0.3, 0.4) is 0 Å². The lowest BCUT2D eigenvalue weighted by atomic mass is 9.77. The smallest absolute Gasteiger partial charge is 0.408 e. The predicted molar refractivity (Wildman–Crippen MR) is 230 cm³/mol. The molecule has 0 spiro atoms. The minimum absolute atomic E-state index is 0.00216. The van der Waals surface area contributed by atoms with Gasteiger partial charge in [-0.25, -0.2) is 9.59 Å². The largest absolute Gasteiger partial charge is 0.478 e. The van der Waals surface area contributed by atoms with Gasteiger partial charge in [-0.05, 0) is 46.6 Å². The number of aliphatic carboxylic acids is 1. The summed E-state index contributed by atoms with van der Waals surface area (Å²) in [6.45, 7) is 3.83. The number of hydrogen-bond acceptors (Lipinski definition) is 6. The Morgan fingerprint density at radius 1 is 0.617 bits per heavy atom. The molecular weight excluding hydrogens is 757 g/mol. The first-order valence-electron chi connectivity index (χ1n) is 20.0. The van der Waals surface area contributed by atoms with E-state index in [2.05, 4.69) is 21.3 Å². The maximum absolute atomic E-state index is 14.2. The molecular formula is C49H52N4O7. The third-order valence-corrected chi connectivity index (χ3v) is 9.87. The molecule has 0 aliphatic rings. The van der Waals surface area contributed by atoms with Crippen LogP contribution >= 0.6 is 0 Å². The fourth-order valence-corrected chi connectivity index (χ4v) is 6.98. The normalized spacial score (nSPS) is 12.8. The average molecular weight is 809 g/mol. The summed E-state index contributed by atoms with van der Waals surface area (Å²) in [5, 5.41) is 21.2. The molecule has 4 amide bonds. The van der Waals surface area contributed by atoms with Gasteiger partial charge < -0.3 is 31.1 Å². The number of carboxylic acid groups (broad SMARTS) is 1. The highest BCUT2D eigenvalue weighted by atomic mass is 16.5. The summed E-state index contributed by atoms with van der Waals surface area (Å²) in [6.07, 6.45) is 1.75. The molecule has 11 heteroatoms. The number of amides is 4. The summed E-state index contributed by atoms with van der Waals surface area (Å²) >= 11 is 0. The fourth-order valence-electron chi connectivity index (χ4n) is 6.98. The van der Waals surface area contributed by atoms with Crippen molar-refractivity contribution in [2.24, 2.45) is 5.92 Å². The van der Waals surface area contributed by atoms with Gasteiger partial charge in [-0.3, -0.25) is 14.4 Å². The Labute approximate surface area is 351 Å². The van der Waals surface area contributed by atoms with Crippen molar-refractivity contribution in [3.05, 3.63) is 192 Å². The molecule has 0 aliphatic heterocycles. The second-order valence-electron chi connectivity index (χ2n) is 14.9. The Bertz CT molecular complexity index is 2070. The van der Waals surface area contributed by atoms with Crippen LogP contribution in [0.1, 0.15) is 60.9 Å². The molecule has 310 valence electrons. The summed E-state index contributed by atoms with van der Waals surface area (Å²) in [5.41, 5.74) is 2.96. The molecule has 0 aliphatic carbocycles. The zero-order valence-corrected chi connectivity index (χ0v) is 33.8. The van der Waals surface area contributed by atoms with Crippen molar-refractivity contribution in [3.63, 3.8) is 0 Å². The van der Waals surface area contributed by atoms with Crippen LogP contribution in [0.25, 0.3) is 0 Å². The Morgan fingerprint density at radius 2 is 1.08 bits per heavy atom. The van der Waals surface area contributed by atoms with Crippen molar-refractivity contribution in [2.45, 2.75) is 69.8 Å². The van der Waals surface area contributed by atoms with E-state index in [4.69, 9.17) is 4.74 Å². The van der Waals surface area contributed by atoms with Crippen LogP contribution in [0, 0.1) is 5.92 Å². The Hall–Kier alpha value is -7.01. The molecule has 5 rings (SSSR count). The highest BCUT2D eigenvalue weighted by Gasteiger charge is 2.38. The molecule has 5 N–H and O–H groups in total. The van der Waals surface area contributed by atoms with E-state index in [1.165, 1.54) is 6.08 Å². The maximum atomic E-state index is 14.2. The van der Waals surface area contributed by atoms with Crippen LogP contribution in [-0.4, -0.2) is 53.0 Å². The van der Waals surface area contributed by atoms with Gasteiger partial charge in [-0.15, -0.1) is 0 Å². The predicted octanol–water partition coefficient (Wildman–Crippen LogP) is 7.07. The lowest BCUT2D eigenvalue weighted by molar-refractivity contribution is -0.131. The van der Waals surface area contributed by atoms with Gasteiger partial charge in [-0.2, -0.15) is 0 Å². The third-order valence-electron chi connectivity index (χ3n) is 9.87.